The zero-order chi connectivity index (χ0) is 9.47. The number of hydrogen-bond donors (Lipinski definition) is 0. The number of hydrogen-bond acceptors (Lipinski definition) is 2. The molecule has 0 fully saturated rings. The van der Waals surface area contributed by atoms with Crippen LogP contribution in [-0.4, -0.2) is 14.4 Å². The van der Waals surface area contributed by atoms with Crippen LogP contribution in [0.15, 0.2) is 24.7 Å². The molecule has 2 aromatic heterocycles. The van der Waals surface area contributed by atoms with Gasteiger partial charge in [-0.1, -0.05) is 0 Å². The average molecular weight is 187 g/mol. The van der Waals surface area contributed by atoms with Crippen molar-refractivity contribution in [1.82, 2.24) is 14.4 Å². The lowest BCUT2D eigenvalue weighted by molar-refractivity contribution is -0.141. The Balaban J connectivity index is 2.72. The second kappa shape index (κ2) is 2.45. The van der Waals surface area contributed by atoms with Crippen molar-refractivity contribution < 1.29 is 13.2 Å². The second-order valence-corrected chi connectivity index (χ2v) is 2.43. The summed E-state index contributed by atoms with van der Waals surface area (Å²) in [5.41, 5.74) is -0.810. The fraction of sp³-hybridized carbons (Fsp3) is 0.143. The van der Waals surface area contributed by atoms with Gasteiger partial charge in [0.15, 0.2) is 0 Å². The number of halogens is 3. The van der Waals surface area contributed by atoms with E-state index in [0.717, 1.165) is 10.6 Å². The highest BCUT2D eigenvalue weighted by Crippen LogP contribution is 2.28. The van der Waals surface area contributed by atoms with Gasteiger partial charge in [-0.2, -0.15) is 13.2 Å². The Kier molecular flexibility index (Phi) is 1.51. The van der Waals surface area contributed by atoms with E-state index in [1.54, 1.807) is 0 Å². The molecule has 0 aliphatic heterocycles. The molecular formula is C7H4F3N3. The summed E-state index contributed by atoms with van der Waals surface area (Å²) in [5, 5.41) is 0. The molecule has 3 nitrogen and oxygen atoms in total. The van der Waals surface area contributed by atoms with Crippen molar-refractivity contribution in [3.8, 4) is 0 Å². The van der Waals surface area contributed by atoms with Gasteiger partial charge >= 0.3 is 6.18 Å². The van der Waals surface area contributed by atoms with Gasteiger partial charge in [0.25, 0.3) is 0 Å². The lowest BCUT2D eigenvalue weighted by atomic mass is 10.4. The zero-order valence-electron chi connectivity index (χ0n) is 6.28. The molecule has 68 valence electrons. The van der Waals surface area contributed by atoms with Gasteiger partial charge in [0, 0.05) is 12.4 Å². The van der Waals surface area contributed by atoms with E-state index in [0.29, 0.717) is 0 Å². The summed E-state index contributed by atoms with van der Waals surface area (Å²) in [7, 11) is 0. The molecule has 0 N–H and O–H groups in total. The first-order chi connectivity index (χ1) is 6.09. The van der Waals surface area contributed by atoms with Crippen molar-refractivity contribution in [3.05, 3.63) is 30.4 Å². The van der Waals surface area contributed by atoms with Crippen LogP contribution in [0.4, 0.5) is 13.2 Å². The van der Waals surface area contributed by atoms with Crippen molar-refractivity contribution in [2.45, 2.75) is 6.18 Å². The minimum Gasteiger partial charge on any atom is -0.280 e. The number of imidazole rings is 1. The summed E-state index contributed by atoms with van der Waals surface area (Å²) in [4.78, 5) is 7.18. The molecule has 0 aromatic carbocycles. The third-order valence-electron chi connectivity index (χ3n) is 1.58. The van der Waals surface area contributed by atoms with E-state index in [2.05, 4.69) is 9.97 Å². The SMILES string of the molecule is FC(F)(F)c1cnc2ncccn12. The Morgan fingerprint density at radius 3 is 2.69 bits per heavy atom. The summed E-state index contributed by atoms with van der Waals surface area (Å²) in [6.45, 7) is 0. The molecular weight excluding hydrogens is 183 g/mol. The molecule has 2 aromatic rings. The molecule has 0 radical (unpaired) electrons. The maximum atomic E-state index is 12.3. The number of alkyl halides is 3. The summed E-state index contributed by atoms with van der Waals surface area (Å²) < 4.78 is 37.7. The first-order valence-electron chi connectivity index (χ1n) is 3.44. The maximum Gasteiger partial charge on any atom is 0.433 e. The van der Waals surface area contributed by atoms with E-state index in [1.807, 2.05) is 0 Å². The molecule has 0 aliphatic rings. The molecule has 0 amide bonds. The first-order valence-corrected chi connectivity index (χ1v) is 3.44. The van der Waals surface area contributed by atoms with Gasteiger partial charge in [0.2, 0.25) is 5.78 Å². The molecule has 0 atom stereocenters. The van der Waals surface area contributed by atoms with E-state index >= 15 is 0 Å². The van der Waals surface area contributed by atoms with Gasteiger partial charge in [0.05, 0.1) is 6.20 Å². The van der Waals surface area contributed by atoms with Crippen LogP contribution in [0, 0.1) is 0 Å². The smallest absolute Gasteiger partial charge is 0.280 e. The molecule has 0 unspecified atom stereocenters. The van der Waals surface area contributed by atoms with Gasteiger partial charge < -0.3 is 0 Å². The van der Waals surface area contributed by atoms with Crippen LogP contribution >= 0.6 is 0 Å². The van der Waals surface area contributed by atoms with Gasteiger partial charge in [-0.15, -0.1) is 0 Å². The maximum absolute atomic E-state index is 12.3. The Hall–Kier alpha value is -1.59. The number of rotatable bonds is 0. The number of aromatic nitrogens is 3. The normalized spacial score (nSPS) is 12.2. The fourth-order valence-electron chi connectivity index (χ4n) is 1.04. The summed E-state index contributed by atoms with van der Waals surface area (Å²) in [5.74, 6) is 0.0508. The lowest BCUT2D eigenvalue weighted by Gasteiger charge is -2.03. The second-order valence-electron chi connectivity index (χ2n) is 2.43. The molecule has 0 saturated carbocycles. The molecule has 2 heterocycles. The van der Waals surface area contributed by atoms with E-state index < -0.39 is 11.9 Å². The number of nitrogens with zero attached hydrogens (tertiary/aromatic N) is 3. The third kappa shape index (κ3) is 1.24. The summed E-state index contributed by atoms with van der Waals surface area (Å²) in [6.07, 6.45) is -0.953. The third-order valence-corrected chi connectivity index (χ3v) is 1.58. The van der Waals surface area contributed by atoms with Crippen molar-refractivity contribution >= 4 is 5.78 Å². The van der Waals surface area contributed by atoms with E-state index in [1.165, 1.54) is 18.5 Å². The highest BCUT2D eigenvalue weighted by atomic mass is 19.4. The quantitative estimate of drug-likeness (QED) is 0.628. The Morgan fingerprint density at radius 2 is 2.00 bits per heavy atom. The topological polar surface area (TPSA) is 30.2 Å². The fourth-order valence-corrected chi connectivity index (χ4v) is 1.04. The predicted molar refractivity (Wildman–Crippen MR) is 38.0 cm³/mol. The van der Waals surface area contributed by atoms with E-state index in [9.17, 15) is 13.2 Å². The predicted octanol–water partition coefficient (Wildman–Crippen LogP) is 1.75. The Labute approximate surface area is 70.9 Å². The molecule has 6 heteroatoms. The highest BCUT2D eigenvalue weighted by molar-refractivity contribution is 5.31. The van der Waals surface area contributed by atoms with Crippen molar-refractivity contribution in [1.29, 1.82) is 0 Å². The largest absolute Gasteiger partial charge is 0.433 e. The summed E-state index contributed by atoms with van der Waals surface area (Å²) >= 11 is 0. The molecule has 2 rings (SSSR count). The lowest BCUT2D eigenvalue weighted by Crippen LogP contribution is -2.08. The van der Waals surface area contributed by atoms with Gasteiger partial charge in [-0.05, 0) is 6.07 Å². The molecule has 13 heavy (non-hydrogen) atoms. The Morgan fingerprint density at radius 1 is 1.23 bits per heavy atom. The van der Waals surface area contributed by atoms with Gasteiger partial charge in [0.1, 0.15) is 5.69 Å². The molecule has 0 aliphatic carbocycles. The minimum atomic E-state index is -4.39. The van der Waals surface area contributed by atoms with Crippen LogP contribution in [-0.2, 0) is 6.18 Å². The first kappa shape index (κ1) is 8.03. The average Bonchev–Trinajstić information content (AvgIpc) is 2.45. The standard InChI is InChI=1S/C7H4F3N3/c8-7(9,10)5-4-12-6-11-2-1-3-13(5)6/h1-4H. The minimum absolute atomic E-state index is 0.0508. The van der Waals surface area contributed by atoms with Crippen LogP contribution in [0.1, 0.15) is 5.69 Å². The van der Waals surface area contributed by atoms with Gasteiger partial charge in [-0.3, -0.25) is 4.40 Å². The van der Waals surface area contributed by atoms with Crippen LogP contribution in [0.5, 0.6) is 0 Å². The molecule has 0 saturated heterocycles. The van der Waals surface area contributed by atoms with Crippen LogP contribution < -0.4 is 0 Å². The van der Waals surface area contributed by atoms with Crippen molar-refractivity contribution in [3.63, 3.8) is 0 Å². The zero-order valence-corrected chi connectivity index (χ0v) is 6.28. The Bertz CT molecular complexity index is 432. The van der Waals surface area contributed by atoms with Crippen molar-refractivity contribution in [2.24, 2.45) is 0 Å². The monoisotopic (exact) mass is 187 g/mol. The molecule has 0 spiro atoms. The van der Waals surface area contributed by atoms with Crippen LogP contribution in [0.3, 0.4) is 0 Å². The van der Waals surface area contributed by atoms with E-state index in [4.69, 9.17) is 0 Å². The van der Waals surface area contributed by atoms with Crippen LogP contribution in [0.25, 0.3) is 5.78 Å². The van der Waals surface area contributed by atoms with Gasteiger partial charge in [-0.25, -0.2) is 9.97 Å². The molecule has 0 bridgehead atoms. The van der Waals surface area contributed by atoms with Crippen molar-refractivity contribution in [2.75, 3.05) is 0 Å². The highest BCUT2D eigenvalue weighted by Gasteiger charge is 2.34. The van der Waals surface area contributed by atoms with E-state index in [-0.39, 0.29) is 5.78 Å². The van der Waals surface area contributed by atoms with Crippen LogP contribution in [0.2, 0.25) is 0 Å². The summed E-state index contributed by atoms with van der Waals surface area (Å²) in [6, 6.07) is 1.42. The number of fused-ring (bicyclic) bond motifs is 1.